The first-order valence-electron chi connectivity index (χ1n) is 6.56. The normalized spacial score (nSPS) is 22.9. The minimum Gasteiger partial charge on any atom is -0.328 e. The molecule has 106 valence electrons. The standard InChI is InChI=1S/C14H17N3O2S/c1-17(12-7-11(15)8-12)20(18,19)14-4-2-3-10-9-16-6-5-13(10)14/h2-6,9,11-12H,7-8,15H2,1H3. The fourth-order valence-electron chi connectivity index (χ4n) is 2.60. The minimum absolute atomic E-state index is 0.00657. The molecule has 2 aromatic rings. The number of rotatable bonds is 3. The van der Waals surface area contributed by atoms with Gasteiger partial charge in [0.15, 0.2) is 0 Å². The van der Waals surface area contributed by atoms with Crippen LogP contribution in [-0.2, 0) is 10.0 Å². The zero-order valence-corrected chi connectivity index (χ0v) is 12.0. The van der Waals surface area contributed by atoms with Crippen LogP contribution in [0.5, 0.6) is 0 Å². The molecule has 1 heterocycles. The van der Waals surface area contributed by atoms with Gasteiger partial charge < -0.3 is 5.73 Å². The van der Waals surface area contributed by atoms with Crippen molar-refractivity contribution in [2.45, 2.75) is 29.8 Å². The molecule has 0 atom stereocenters. The molecule has 1 aromatic heterocycles. The highest BCUT2D eigenvalue weighted by molar-refractivity contribution is 7.89. The molecule has 6 heteroatoms. The Balaban J connectivity index is 2.05. The van der Waals surface area contributed by atoms with E-state index >= 15 is 0 Å². The Kier molecular flexibility index (Phi) is 3.24. The van der Waals surface area contributed by atoms with Crippen LogP contribution in [0.15, 0.2) is 41.6 Å². The molecular weight excluding hydrogens is 274 g/mol. The van der Waals surface area contributed by atoms with Crippen LogP contribution in [0.3, 0.4) is 0 Å². The van der Waals surface area contributed by atoms with Gasteiger partial charge in [-0.15, -0.1) is 0 Å². The van der Waals surface area contributed by atoms with Gasteiger partial charge in [-0.3, -0.25) is 4.98 Å². The predicted molar refractivity (Wildman–Crippen MR) is 77.7 cm³/mol. The summed E-state index contributed by atoms with van der Waals surface area (Å²) in [5.41, 5.74) is 5.75. The smallest absolute Gasteiger partial charge is 0.243 e. The molecule has 0 amide bonds. The van der Waals surface area contributed by atoms with E-state index < -0.39 is 10.0 Å². The maximum absolute atomic E-state index is 12.8. The Hall–Kier alpha value is -1.50. The molecule has 2 N–H and O–H groups in total. The third kappa shape index (κ3) is 2.09. The van der Waals surface area contributed by atoms with Gasteiger partial charge in [0.25, 0.3) is 0 Å². The number of aromatic nitrogens is 1. The maximum Gasteiger partial charge on any atom is 0.243 e. The zero-order chi connectivity index (χ0) is 14.3. The first kappa shape index (κ1) is 13.5. The highest BCUT2D eigenvalue weighted by atomic mass is 32.2. The Bertz CT molecular complexity index is 734. The molecule has 1 fully saturated rings. The van der Waals surface area contributed by atoms with Crippen LogP contribution in [0.25, 0.3) is 10.8 Å². The van der Waals surface area contributed by atoms with Crippen molar-refractivity contribution in [1.29, 1.82) is 0 Å². The number of benzene rings is 1. The van der Waals surface area contributed by atoms with E-state index in [1.807, 2.05) is 6.07 Å². The number of fused-ring (bicyclic) bond motifs is 1. The topological polar surface area (TPSA) is 76.3 Å². The Morgan fingerprint density at radius 2 is 2.05 bits per heavy atom. The van der Waals surface area contributed by atoms with Crippen molar-refractivity contribution in [2.75, 3.05) is 7.05 Å². The molecule has 1 aliphatic carbocycles. The summed E-state index contributed by atoms with van der Waals surface area (Å²) in [6, 6.07) is 7.12. The fraction of sp³-hybridized carbons (Fsp3) is 0.357. The minimum atomic E-state index is -3.50. The molecule has 0 bridgehead atoms. The zero-order valence-electron chi connectivity index (χ0n) is 11.2. The second kappa shape index (κ2) is 4.80. The van der Waals surface area contributed by atoms with Crippen molar-refractivity contribution in [3.05, 3.63) is 36.7 Å². The van der Waals surface area contributed by atoms with Crippen molar-refractivity contribution in [3.63, 3.8) is 0 Å². The molecule has 0 saturated heterocycles. The highest BCUT2D eigenvalue weighted by Crippen LogP contribution is 2.30. The fourth-order valence-corrected chi connectivity index (χ4v) is 4.19. The number of pyridine rings is 1. The lowest BCUT2D eigenvalue weighted by molar-refractivity contribution is 0.217. The second-order valence-electron chi connectivity index (χ2n) is 5.26. The number of hydrogen-bond donors (Lipinski definition) is 1. The molecule has 1 aliphatic rings. The molecule has 0 spiro atoms. The summed E-state index contributed by atoms with van der Waals surface area (Å²) < 4.78 is 27.0. The van der Waals surface area contributed by atoms with Gasteiger partial charge in [0, 0.05) is 42.3 Å². The van der Waals surface area contributed by atoms with Gasteiger partial charge in [-0.05, 0) is 25.0 Å². The van der Waals surface area contributed by atoms with Crippen LogP contribution < -0.4 is 5.73 Å². The number of nitrogens with zero attached hydrogens (tertiary/aromatic N) is 2. The van der Waals surface area contributed by atoms with Gasteiger partial charge in [-0.25, -0.2) is 8.42 Å². The molecule has 3 rings (SSSR count). The lowest BCUT2D eigenvalue weighted by Gasteiger charge is -2.38. The van der Waals surface area contributed by atoms with Gasteiger partial charge in [-0.1, -0.05) is 12.1 Å². The first-order chi connectivity index (χ1) is 9.50. The van der Waals surface area contributed by atoms with Crippen molar-refractivity contribution >= 4 is 20.8 Å². The maximum atomic E-state index is 12.8. The van der Waals surface area contributed by atoms with Gasteiger partial charge in [0.05, 0.1) is 4.90 Å². The molecule has 1 aromatic carbocycles. The van der Waals surface area contributed by atoms with Crippen molar-refractivity contribution in [3.8, 4) is 0 Å². The average Bonchev–Trinajstić information content (AvgIpc) is 2.42. The summed E-state index contributed by atoms with van der Waals surface area (Å²) in [6.07, 6.45) is 4.73. The summed E-state index contributed by atoms with van der Waals surface area (Å²) in [5, 5.41) is 1.53. The average molecular weight is 291 g/mol. The molecule has 0 unspecified atom stereocenters. The van der Waals surface area contributed by atoms with Crippen LogP contribution >= 0.6 is 0 Å². The van der Waals surface area contributed by atoms with Crippen molar-refractivity contribution in [1.82, 2.24) is 9.29 Å². The van der Waals surface area contributed by atoms with Gasteiger partial charge >= 0.3 is 0 Å². The van der Waals surface area contributed by atoms with Crippen LogP contribution in [0, 0.1) is 0 Å². The van der Waals surface area contributed by atoms with E-state index in [9.17, 15) is 8.42 Å². The molecular formula is C14H17N3O2S. The van der Waals surface area contributed by atoms with Crippen LogP contribution in [0.1, 0.15) is 12.8 Å². The van der Waals surface area contributed by atoms with Crippen LogP contribution in [0.4, 0.5) is 0 Å². The van der Waals surface area contributed by atoms with E-state index in [0.29, 0.717) is 10.3 Å². The van der Waals surface area contributed by atoms with E-state index in [2.05, 4.69) is 4.98 Å². The van der Waals surface area contributed by atoms with E-state index in [0.717, 1.165) is 18.2 Å². The number of nitrogens with two attached hydrogens (primary N) is 1. The number of hydrogen-bond acceptors (Lipinski definition) is 4. The highest BCUT2D eigenvalue weighted by Gasteiger charge is 2.36. The Labute approximate surface area is 118 Å². The Morgan fingerprint density at radius 1 is 1.30 bits per heavy atom. The third-order valence-corrected chi connectivity index (χ3v) is 5.93. The van der Waals surface area contributed by atoms with Crippen LogP contribution in [-0.4, -0.2) is 36.8 Å². The predicted octanol–water partition coefficient (Wildman–Crippen LogP) is 1.34. The van der Waals surface area contributed by atoms with E-state index in [4.69, 9.17) is 5.73 Å². The summed E-state index contributed by atoms with van der Waals surface area (Å²) in [6.45, 7) is 0. The summed E-state index contributed by atoms with van der Waals surface area (Å²) >= 11 is 0. The SMILES string of the molecule is CN(C1CC(N)C1)S(=O)(=O)c1cccc2cnccc12. The summed E-state index contributed by atoms with van der Waals surface area (Å²) in [5.74, 6) is 0. The van der Waals surface area contributed by atoms with E-state index in [-0.39, 0.29) is 12.1 Å². The van der Waals surface area contributed by atoms with Gasteiger partial charge in [-0.2, -0.15) is 4.31 Å². The van der Waals surface area contributed by atoms with Crippen LogP contribution in [0.2, 0.25) is 0 Å². The van der Waals surface area contributed by atoms with Gasteiger partial charge in [0.1, 0.15) is 0 Å². The molecule has 1 saturated carbocycles. The van der Waals surface area contributed by atoms with Gasteiger partial charge in [0.2, 0.25) is 10.0 Å². The van der Waals surface area contributed by atoms with E-state index in [1.54, 1.807) is 37.6 Å². The largest absolute Gasteiger partial charge is 0.328 e. The van der Waals surface area contributed by atoms with Crippen molar-refractivity contribution < 1.29 is 8.42 Å². The molecule has 0 aliphatic heterocycles. The monoisotopic (exact) mass is 291 g/mol. The Morgan fingerprint density at radius 3 is 2.75 bits per heavy atom. The van der Waals surface area contributed by atoms with E-state index in [1.165, 1.54) is 4.31 Å². The summed E-state index contributed by atoms with van der Waals surface area (Å²) in [7, 11) is -1.87. The third-order valence-electron chi connectivity index (χ3n) is 3.96. The van der Waals surface area contributed by atoms with Crippen molar-refractivity contribution in [2.24, 2.45) is 5.73 Å². The molecule has 5 nitrogen and oxygen atoms in total. The second-order valence-corrected chi connectivity index (χ2v) is 7.23. The lowest BCUT2D eigenvalue weighted by Crippen LogP contribution is -2.51. The quantitative estimate of drug-likeness (QED) is 0.926. The number of sulfonamides is 1. The first-order valence-corrected chi connectivity index (χ1v) is 8.00. The summed E-state index contributed by atoms with van der Waals surface area (Å²) in [4.78, 5) is 4.36. The lowest BCUT2D eigenvalue weighted by atomic mass is 9.88. The molecule has 20 heavy (non-hydrogen) atoms. The molecule has 0 radical (unpaired) electrons.